The second-order valence-corrected chi connectivity index (χ2v) is 6.97. The third-order valence-corrected chi connectivity index (χ3v) is 3.72. The van der Waals surface area contributed by atoms with Crippen molar-refractivity contribution in [1.29, 1.82) is 0 Å². The van der Waals surface area contributed by atoms with Gasteiger partial charge >= 0.3 is 0 Å². The maximum atomic E-state index is 6.08. The smallest absolute Gasteiger partial charge is 0.281 e. The van der Waals surface area contributed by atoms with Gasteiger partial charge in [-0.05, 0) is 50.2 Å². The van der Waals surface area contributed by atoms with Crippen LogP contribution in [0.15, 0.2) is 32.7 Å². The van der Waals surface area contributed by atoms with Crippen LogP contribution in [0.5, 0.6) is 0 Å². The summed E-state index contributed by atoms with van der Waals surface area (Å²) < 4.78 is 5.40. The monoisotopic (exact) mass is 311 g/mol. The van der Waals surface area contributed by atoms with Crippen molar-refractivity contribution in [2.24, 2.45) is 0 Å². The summed E-state index contributed by atoms with van der Waals surface area (Å²) in [5, 5.41) is 12.5. The lowest BCUT2D eigenvalue weighted by molar-refractivity contribution is 0.421. The van der Waals surface area contributed by atoms with Gasteiger partial charge in [0.15, 0.2) is 0 Å². The molecule has 1 aromatic heterocycles. The minimum atomic E-state index is 0.0582. The van der Waals surface area contributed by atoms with Crippen molar-refractivity contribution < 1.29 is 4.42 Å². The molecule has 0 aliphatic carbocycles. The van der Waals surface area contributed by atoms with Crippen LogP contribution in [0.4, 0.5) is 0 Å². The molecule has 2 aromatic rings. The highest BCUT2D eigenvalue weighted by atomic mass is 35.5. The van der Waals surface area contributed by atoms with Crippen molar-refractivity contribution in [3.63, 3.8) is 0 Å². The number of nitrogens with one attached hydrogen (secondary N) is 1. The van der Waals surface area contributed by atoms with Crippen molar-refractivity contribution in [1.82, 2.24) is 15.5 Å². The van der Waals surface area contributed by atoms with E-state index in [1.54, 1.807) is 6.92 Å². The molecule has 0 unspecified atom stereocenters. The Morgan fingerprint density at radius 1 is 1.30 bits per heavy atom. The van der Waals surface area contributed by atoms with Crippen LogP contribution in [0.1, 0.15) is 32.2 Å². The third kappa shape index (κ3) is 4.51. The first kappa shape index (κ1) is 15.4. The van der Waals surface area contributed by atoms with Crippen molar-refractivity contribution in [3.8, 4) is 0 Å². The number of aromatic nitrogens is 2. The quantitative estimate of drug-likeness (QED) is 0.922. The fraction of sp³-hybridized carbons (Fsp3) is 0.429. The fourth-order valence-corrected chi connectivity index (χ4v) is 2.67. The van der Waals surface area contributed by atoms with E-state index in [0.29, 0.717) is 16.1 Å². The summed E-state index contributed by atoms with van der Waals surface area (Å²) in [7, 11) is 0. The molecule has 0 saturated heterocycles. The zero-order chi connectivity index (χ0) is 14.8. The molecular formula is C14H18ClN3OS. The van der Waals surface area contributed by atoms with Gasteiger partial charge in [0.25, 0.3) is 5.22 Å². The number of nitrogens with zero attached hydrogens (tertiary/aromatic N) is 2. The van der Waals surface area contributed by atoms with Gasteiger partial charge in [-0.25, -0.2) is 0 Å². The van der Waals surface area contributed by atoms with Crippen LogP contribution in [0.25, 0.3) is 0 Å². The average Bonchev–Trinajstić information content (AvgIpc) is 2.72. The molecule has 20 heavy (non-hydrogen) atoms. The zero-order valence-corrected chi connectivity index (χ0v) is 13.6. The molecular weight excluding hydrogens is 294 g/mol. The van der Waals surface area contributed by atoms with E-state index in [4.69, 9.17) is 16.0 Å². The summed E-state index contributed by atoms with van der Waals surface area (Å²) in [6.45, 7) is 8.94. The Bertz CT molecular complexity index is 592. The van der Waals surface area contributed by atoms with Crippen LogP contribution < -0.4 is 5.32 Å². The van der Waals surface area contributed by atoms with E-state index < -0.39 is 0 Å². The van der Waals surface area contributed by atoms with E-state index in [9.17, 15) is 0 Å². The van der Waals surface area contributed by atoms with Gasteiger partial charge in [0.2, 0.25) is 5.89 Å². The summed E-state index contributed by atoms with van der Waals surface area (Å²) in [5.74, 6) is 0.559. The first-order chi connectivity index (χ1) is 9.33. The Morgan fingerprint density at radius 3 is 2.65 bits per heavy atom. The average molecular weight is 312 g/mol. The Morgan fingerprint density at radius 2 is 2.05 bits per heavy atom. The minimum absolute atomic E-state index is 0.0582. The second-order valence-electron chi connectivity index (χ2n) is 5.54. The molecule has 1 N–H and O–H groups in total. The van der Waals surface area contributed by atoms with Gasteiger partial charge in [-0.3, -0.25) is 0 Å². The number of hydrogen-bond donors (Lipinski definition) is 1. The zero-order valence-electron chi connectivity index (χ0n) is 12.0. The maximum Gasteiger partial charge on any atom is 0.281 e. The van der Waals surface area contributed by atoms with Crippen LogP contribution in [-0.4, -0.2) is 15.7 Å². The molecule has 0 bridgehead atoms. The standard InChI is InChI=1S/C14H18ClN3OS/c1-9-17-18-13(19-9)20-12-7-11(15)6-5-10(12)8-16-14(2,3)4/h5-7,16H,8H2,1-4H3. The van der Waals surface area contributed by atoms with E-state index in [1.165, 1.54) is 11.8 Å². The van der Waals surface area contributed by atoms with E-state index in [0.717, 1.165) is 17.0 Å². The lowest BCUT2D eigenvalue weighted by Gasteiger charge is -2.21. The predicted octanol–water partition coefficient (Wildman–Crippen LogP) is 4.07. The SMILES string of the molecule is Cc1nnc(Sc2cc(Cl)ccc2CNC(C)(C)C)o1. The lowest BCUT2D eigenvalue weighted by atomic mass is 10.1. The van der Waals surface area contributed by atoms with Gasteiger partial charge in [-0.2, -0.15) is 0 Å². The van der Waals surface area contributed by atoms with Crippen LogP contribution in [0.2, 0.25) is 5.02 Å². The van der Waals surface area contributed by atoms with Crippen LogP contribution in [0, 0.1) is 6.92 Å². The van der Waals surface area contributed by atoms with Gasteiger partial charge in [-0.1, -0.05) is 17.7 Å². The molecule has 108 valence electrons. The molecule has 0 fully saturated rings. The number of hydrogen-bond acceptors (Lipinski definition) is 5. The molecule has 0 aliphatic rings. The highest BCUT2D eigenvalue weighted by molar-refractivity contribution is 7.99. The molecule has 0 spiro atoms. The topological polar surface area (TPSA) is 51.0 Å². The highest BCUT2D eigenvalue weighted by Gasteiger charge is 2.13. The fourth-order valence-electron chi connectivity index (χ4n) is 1.54. The molecule has 0 saturated carbocycles. The largest absolute Gasteiger partial charge is 0.416 e. The summed E-state index contributed by atoms with van der Waals surface area (Å²) >= 11 is 7.51. The summed E-state index contributed by atoms with van der Waals surface area (Å²) in [4.78, 5) is 1.03. The highest BCUT2D eigenvalue weighted by Crippen LogP contribution is 2.31. The molecule has 0 amide bonds. The van der Waals surface area contributed by atoms with Crippen molar-refractivity contribution in [3.05, 3.63) is 34.7 Å². The summed E-state index contributed by atoms with van der Waals surface area (Å²) in [6, 6.07) is 5.84. The first-order valence-electron chi connectivity index (χ1n) is 6.35. The van der Waals surface area contributed by atoms with Crippen molar-refractivity contribution in [2.45, 2.75) is 49.9 Å². The number of rotatable bonds is 4. The minimum Gasteiger partial charge on any atom is -0.416 e. The summed E-state index contributed by atoms with van der Waals surface area (Å²) in [5.41, 5.74) is 1.22. The van der Waals surface area contributed by atoms with E-state index >= 15 is 0 Å². The van der Waals surface area contributed by atoms with E-state index in [-0.39, 0.29) is 5.54 Å². The second kappa shape index (κ2) is 6.16. The van der Waals surface area contributed by atoms with Gasteiger partial charge < -0.3 is 9.73 Å². The van der Waals surface area contributed by atoms with Gasteiger partial charge in [0, 0.05) is 28.9 Å². The van der Waals surface area contributed by atoms with E-state index in [1.807, 2.05) is 18.2 Å². The normalized spacial score (nSPS) is 11.8. The van der Waals surface area contributed by atoms with Crippen molar-refractivity contribution >= 4 is 23.4 Å². The number of aryl methyl sites for hydroxylation is 1. The maximum absolute atomic E-state index is 6.08. The molecule has 0 atom stereocenters. The molecule has 0 aliphatic heterocycles. The van der Waals surface area contributed by atoms with Crippen molar-refractivity contribution in [2.75, 3.05) is 0 Å². The summed E-state index contributed by atoms with van der Waals surface area (Å²) in [6.07, 6.45) is 0. The number of benzene rings is 1. The Balaban J connectivity index is 2.19. The van der Waals surface area contributed by atoms with E-state index in [2.05, 4.69) is 36.3 Å². The van der Waals surface area contributed by atoms with Gasteiger partial charge in [-0.15, -0.1) is 10.2 Å². The third-order valence-electron chi connectivity index (χ3n) is 2.54. The number of halogens is 1. The molecule has 1 aromatic carbocycles. The van der Waals surface area contributed by atoms with Gasteiger partial charge in [0.05, 0.1) is 0 Å². The van der Waals surface area contributed by atoms with Crippen LogP contribution >= 0.6 is 23.4 Å². The Labute approximate surface area is 128 Å². The molecule has 0 radical (unpaired) electrons. The van der Waals surface area contributed by atoms with Crippen LogP contribution in [-0.2, 0) is 6.54 Å². The molecule has 4 nitrogen and oxygen atoms in total. The predicted molar refractivity (Wildman–Crippen MR) is 81.2 cm³/mol. The van der Waals surface area contributed by atoms with Crippen LogP contribution in [0.3, 0.4) is 0 Å². The van der Waals surface area contributed by atoms with Gasteiger partial charge in [0.1, 0.15) is 0 Å². The Kier molecular flexibility index (Phi) is 4.73. The lowest BCUT2D eigenvalue weighted by Crippen LogP contribution is -2.35. The Hall–Kier alpha value is -1.04. The molecule has 1 heterocycles. The molecule has 2 rings (SSSR count). The molecule has 6 heteroatoms. The first-order valence-corrected chi connectivity index (χ1v) is 7.54.